The summed E-state index contributed by atoms with van der Waals surface area (Å²) >= 11 is 7.45. The first kappa shape index (κ1) is 96.4. The average molecular weight is 2040 g/mol. The molecule has 4 fully saturated rings. The normalized spacial score (nSPS) is 15.8. The first-order valence-corrected chi connectivity index (χ1v) is 47.0. The van der Waals surface area contributed by atoms with E-state index >= 15 is 0 Å². The maximum atomic E-state index is 9.30. The molecule has 1 atom stereocenters. The molecular formula is C88H97Ar2BrI2N16O5PPdS-. The van der Waals surface area contributed by atoms with Crippen molar-refractivity contribution in [3.8, 4) is 45.9 Å². The van der Waals surface area contributed by atoms with Gasteiger partial charge in [-0.1, -0.05) is 43.3 Å². The van der Waals surface area contributed by atoms with E-state index in [-0.39, 0.29) is 114 Å². The Morgan fingerprint density at radius 3 is 1.64 bits per heavy atom. The number of para-hydroxylation sites is 1. The van der Waals surface area contributed by atoms with Crippen LogP contribution in [0.2, 0.25) is 0 Å². The summed E-state index contributed by atoms with van der Waals surface area (Å²) in [6.45, 7) is 4.71. The van der Waals surface area contributed by atoms with Crippen LogP contribution in [-0.4, -0.2) is 125 Å². The Hall–Kier alpha value is -6.04. The van der Waals surface area contributed by atoms with Crippen LogP contribution in [0.3, 0.4) is 0 Å². The fourth-order valence-electron chi connectivity index (χ4n) is 16.1. The van der Waals surface area contributed by atoms with Crippen LogP contribution in [0.15, 0.2) is 169 Å². The topological polar surface area (TPSA) is 277 Å². The number of H-pyrrole nitrogens is 2. The molecule has 4 saturated carbocycles. The Morgan fingerprint density at radius 2 is 1.15 bits per heavy atom. The van der Waals surface area contributed by atoms with Crippen molar-refractivity contribution in [3.05, 3.63) is 237 Å². The van der Waals surface area contributed by atoms with E-state index in [4.69, 9.17) is 34.0 Å². The Morgan fingerprint density at radius 1 is 0.632 bits per heavy atom. The number of aromatic nitrogens is 10. The Balaban J connectivity index is 0.000000187. The molecule has 1 aliphatic heterocycles. The van der Waals surface area contributed by atoms with Gasteiger partial charge in [-0.2, -0.15) is 18.9 Å². The van der Waals surface area contributed by atoms with Gasteiger partial charge in [-0.15, -0.1) is 45.1 Å². The van der Waals surface area contributed by atoms with E-state index in [1.54, 1.807) is 26.5 Å². The number of methoxy groups -OCH3 is 2. The molecule has 2 spiro atoms. The van der Waals surface area contributed by atoms with E-state index in [0.717, 1.165) is 175 Å². The van der Waals surface area contributed by atoms with Gasteiger partial charge in [0.1, 0.15) is 45.2 Å². The van der Waals surface area contributed by atoms with Crippen molar-refractivity contribution < 1.29 is 118 Å². The number of aryl methyl sites for hydroxylation is 5. The monoisotopic (exact) mass is 2040 g/mol. The zero-order valence-electron chi connectivity index (χ0n) is 66.2. The van der Waals surface area contributed by atoms with Crippen molar-refractivity contribution >= 4 is 128 Å². The van der Waals surface area contributed by atoms with Gasteiger partial charge in [0.2, 0.25) is 0 Å². The van der Waals surface area contributed by atoms with E-state index < -0.39 is 10.1 Å². The molecule has 12 aromatic rings. The van der Waals surface area contributed by atoms with Gasteiger partial charge >= 0.3 is 0 Å². The van der Waals surface area contributed by atoms with E-state index in [0.29, 0.717) is 28.2 Å². The molecule has 21 nitrogen and oxygen atoms in total. The maximum Gasteiger partial charge on any atom is 0.261 e. The molecule has 18 rings (SSSR count). The quantitative estimate of drug-likeness (QED) is 0.0221. The summed E-state index contributed by atoms with van der Waals surface area (Å²) in [5.41, 5.74) is 21.0. The minimum absolute atomic E-state index is 0. The van der Waals surface area contributed by atoms with Gasteiger partial charge < -0.3 is 39.5 Å². The third-order valence-corrected chi connectivity index (χ3v) is 22.8. The molecule has 7 heterocycles. The number of anilines is 5. The predicted octanol–water partition coefficient (Wildman–Crippen LogP) is 19.1. The third-order valence-electron chi connectivity index (χ3n) is 21.8. The first-order chi connectivity index (χ1) is 54.4. The van der Waals surface area contributed by atoms with Crippen molar-refractivity contribution in [2.75, 3.05) is 82.3 Å². The minimum Gasteiger partial charge on any atom is -0.496 e. The maximum absolute atomic E-state index is 9.30. The summed E-state index contributed by atoms with van der Waals surface area (Å²) in [6, 6.07) is 58.2. The van der Waals surface area contributed by atoms with E-state index in [2.05, 4.69) is 191 Å². The number of nitrogens with zero attached hydrogens (tertiary/aromatic N) is 13. The van der Waals surface area contributed by atoms with Crippen molar-refractivity contribution in [2.24, 2.45) is 10.8 Å². The van der Waals surface area contributed by atoms with Crippen LogP contribution in [0.1, 0.15) is 141 Å². The molecule has 0 amide bonds. The number of pyridine rings is 2. The Kier molecular flexibility index (Phi) is 35.1. The molecule has 1 unspecified atom stereocenters. The SMILES string of the molecule is C.CNc1ccccc1-c1[c-]cccc1.COc1ccc(OC)c(-c2c(N(C)C)cccc2N(C)C)c1P.CS(=O)(=O)O.Cc1nccc(Br)n1.Cc1nccc(N2CCCc3nc(C4(c5nc6ccc(C#N)cc6[nH]5)CC5(CC5)C4)ccc32)n1.II.N#Cc1ccc2nc(C3(c4ccc5c(n4)CCCC5)CC4(CC4)C3)[nH]c2c1.[Ar].[Ar].[Pd]. The van der Waals surface area contributed by atoms with Gasteiger partial charge in [0.05, 0.1) is 99.4 Å². The third kappa shape index (κ3) is 22.8. The average Bonchev–Trinajstić information content (AvgIpc) is 1.54. The van der Waals surface area contributed by atoms with Crippen LogP contribution in [0, 0.1) is 129 Å². The number of rotatable bonds is 12. The van der Waals surface area contributed by atoms with Gasteiger partial charge in [-0.05, 0) is 239 Å². The van der Waals surface area contributed by atoms with Crippen LogP contribution in [-0.2, 0) is 60.6 Å². The fourth-order valence-corrected chi connectivity index (χ4v) is 17.0. The second-order valence-corrected chi connectivity index (χ2v) is 32.9. The number of nitrogens with one attached hydrogen (secondary N) is 3. The zero-order valence-corrected chi connectivity index (χ0v) is 77.1. The molecular weight excluding hydrogens is 1940 g/mol. The number of imidazole rings is 2. The Labute approximate surface area is 795 Å². The van der Waals surface area contributed by atoms with E-state index in [9.17, 15) is 18.9 Å². The molecule has 5 aliphatic carbocycles. The van der Waals surface area contributed by atoms with Crippen LogP contribution >= 0.6 is 62.4 Å². The van der Waals surface area contributed by atoms with Crippen molar-refractivity contribution in [3.63, 3.8) is 0 Å². The molecule has 29 heteroatoms. The summed E-state index contributed by atoms with van der Waals surface area (Å²) in [6.07, 6.45) is 20.9. The van der Waals surface area contributed by atoms with E-state index in [1.807, 2.05) is 140 Å². The van der Waals surface area contributed by atoms with Crippen LogP contribution in [0.25, 0.3) is 44.3 Å². The molecule has 6 aliphatic rings. The van der Waals surface area contributed by atoms with Gasteiger partial charge in [0, 0.05) is 221 Å². The van der Waals surface area contributed by atoms with Crippen LogP contribution < -0.4 is 34.8 Å². The van der Waals surface area contributed by atoms with Crippen LogP contribution in [0.5, 0.6) is 11.5 Å². The van der Waals surface area contributed by atoms with Crippen molar-refractivity contribution in [2.45, 2.75) is 122 Å². The molecule has 0 bridgehead atoms. The number of hydrogen-bond donors (Lipinski definition) is 4. The second kappa shape index (κ2) is 42.6. The summed E-state index contributed by atoms with van der Waals surface area (Å²) in [4.78, 5) is 50.8. The van der Waals surface area contributed by atoms with Gasteiger partial charge in [0.15, 0.2) is 0 Å². The standard InChI is InChI=1S/C27H25N7.C23H22N4.C18H25N2O2P.C13H12N.C5H5BrN2.CH4O3S.CH4.2Ar.I2.Pd/c1-17-29-11-8-24(30-17)34-12-2-3-20-22(34)6-7-23(31-20)27(15-26(16-27)9-10-26)25-32-19-5-4-18(14-28)13-21(19)33-25;24-12-15-5-7-18-19(11-15)27-21(26-18)23(13-22(14-23)9-10-22)20-8-6-16-3-1-2-4-17(16)25-20;1-19(2)12-8-7-9-13(20(3)4)16(12)17-14(21-5)10-11-15(22-6)18(17)23;1-14-13-10-6-5-9-12(13)11-7-3-2-4-8-11;1-4-7-3-2-5(6)8-4;1-5(2,3)4;;;;1-2;/h4-8,11,13H,2-3,9-10,12,15-16H2,1H3,(H,32,33);5-8,11H,1-4,9-10,13-14H2,(H,26,27);7-11H,23H2,1-6H3;2-7,9-10,14H,1H3;2-3H,1H3;1H3,(H,2,3,4);1H4;;;;/q;;;-1;;;;;;;. The molecule has 4 N–H and O–H groups in total. The molecule has 0 saturated heterocycles. The van der Waals surface area contributed by atoms with Gasteiger partial charge in [0.25, 0.3) is 10.1 Å². The van der Waals surface area contributed by atoms with Crippen LogP contribution in [0.4, 0.5) is 28.6 Å². The smallest absolute Gasteiger partial charge is 0.261 e. The largest absolute Gasteiger partial charge is 0.496 e. The number of hydrogen-bond acceptors (Lipinski definition) is 18. The molecule has 618 valence electrons. The number of benzene rings is 6. The zero-order chi connectivity index (χ0) is 80.4. The summed E-state index contributed by atoms with van der Waals surface area (Å²) in [7, 11) is 12.6. The second-order valence-electron chi connectivity index (χ2n) is 30.1. The molecule has 6 aromatic heterocycles. The molecule has 117 heavy (non-hydrogen) atoms. The first-order valence-electron chi connectivity index (χ1n) is 37.5. The number of halogens is 3. The molecule has 0 radical (unpaired) electrons. The van der Waals surface area contributed by atoms with E-state index in [1.165, 1.54) is 67.5 Å². The minimum atomic E-state index is -3.67. The molecule has 6 aromatic carbocycles. The fraction of sp³-hybridized carbons (Fsp3) is 0.341. The van der Waals surface area contributed by atoms with Crippen molar-refractivity contribution in [1.82, 2.24) is 49.8 Å². The number of nitriles is 2. The summed E-state index contributed by atoms with van der Waals surface area (Å²) in [5, 5.41) is 22.7. The number of ether oxygens (including phenoxy) is 2. The predicted molar refractivity (Wildman–Crippen MR) is 482 cm³/mol. The van der Waals surface area contributed by atoms with Crippen molar-refractivity contribution in [1.29, 1.82) is 10.5 Å². The summed E-state index contributed by atoms with van der Waals surface area (Å²) < 4.78 is 37.9. The number of fused-ring (bicyclic) bond motifs is 4. The number of aromatic amines is 2. The Bertz CT molecular complexity index is 5570. The van der Waals surface area contributed by atoms with Gasteiger partial charge in [-0.25, -0.2) is 29.9 Å². The summed E-state index contributed by atoms with van der Waals surface area (Å²) in [5.74, 6) is 6.18. The van der Waals surface area contributed by atoms with Gasteiger partial charge in [-0.3, -0.25) is 14.5 Å².